The number of unbranched alkanes of at least 4 members (excludes halogenated alkanes) is 20. The average Bonchev–Trinajstić information content (AvgIpc) is 3.01. The van der Waals surface area contributed by atoms with Gasteiger partial charge in [-0.1, -0.05) is 142 Å². The van der Waals surface area contributed by atoms with Crippen LogP contribution in [0.4, 0.5) is 0 Å². The minimum absolute atomic E-state index is 0.0717. The summed E-state index contributed by atoms with van der Waals surface area (Å²) in [4.78, 5) is 23.0. The zero-order chi connectivity index (χ0) is 35.1. The second-order valence-corrected chi connectivity index (χ2v) is 16.1. The van der Waals surface area contributed by atoms with Gasteiger partial charge in [-0.15, -0.1) is 0 Å². The van der Waals surface area contributed by atoms with E-state index in [0.717, 1.165) is 44.9 Å². The van der Waals surface area contributed by atoms with Crippen molar-refractivity contribution >= 4 is 13.7 Å². The van der Waals surface area contributed by atoms with Crippen molar-refractivity contribution in [2.24, 2.45) is 0 Å². The van der Waals surface area contributed by atoms with Crippen molar-refractivity contribution in [2.75, 3.05) is 40.9 Å². The Balaban J connectivity index is 4.48. The number of aliphatic hydroxyl groups is 1. The molecule has 1 amide bonds. The van der Waals surface area contributed by atoms with Gasteiger partial charge in [0.1, 0.15) is 13.2 Å². The van der Waals surface area contributed by atoms with E-state index in [2.05, 4.69) is 31.3 Å². The van der Waals surface area contributed by atoms with Gasteiger partial charge in [-0.25, -0.2) is 4.57 Å². The molecule has 3 atom stereocenters. The number of rotatable bonds is 35. The van der Waals surface area contributed by atoms with Crippen LogP contribution in [0.2, 0.25) is 0 Å². The number of phosphoric ester groups is 1. The van der Waals surface area contributed by atoms with E-state index in [1.165, 1.54) is 103 Å². The highest BCUT2D eigenvalue weighted by atomic mass is 31.2. The molecule has 0 aromatic carbocycles. The highest BCUT2D eigenvalue weighted by Crippen LogP contribution is 2.43. The van der Waals surface area contributed by atoms with E-state index in [0.29, 0.717) is 23.9 Å². The normalized spacial score (nSPS) is 14.8. The van der Waals surface area contributed by atoms with Crippen molar-refractivity contribution < 1.29 is 32.9 Å². The molecular weight excluding hydrogens is 611 g/mol. The van der Waals surface area contributed by atoms with Gasteiger partial charge in [0.25, 0.3) is 0 Å². The number of quaternary nitrogens is 1. The Morgan fingerprint density at radius 3 is 1.64 bits per heavy atom. The number of aliphatic hydroxyl groups excluding tert-OH is 1. The Hall–Kier alpha value is -0.760. The van der Waals surface area contributed by atoms with Crippen LogP contribution in [0.15, 0.2) is 12.2 Å². The predicted octanol–water partition coefficient (Wildman–Crippen LogP) is 10.0. The first-order valence-corrected chi connectivity index (χ1v) is 21.0. The van der Waals surface area contributed by atoms with Gasteiger partial charge in [0.05, 0.1) is 39.9 Å². The van der Waals surface area contributed by atoms with Crippen molar-refractivity contribution in [3.05, 3.63) is 12.2 Å². The topological polar surface area (TPSA) is 105 Å². The SMILES string of the molecule is CCCCCCCCCCC/C=C/CCCC[C@@H](O)[C@H](COP(=O)(O)OCC[N+](C)(C)C)NC(=O)CCCCCCCCCCCC. The second kappa shape index (κ2) is 31.2. The number of allylic oxidation sites excluding steroid dienone is 2. The van der Waals surface area contributed by atoms with E-state index in [4.69, 9.17) is 9.05 Å². The van der Waals surface area contributed by atoms with Crippen LogP contribution in [0.25, 0.3) is 0 Å². The molecule has 0 rings (SSSR count). The summed E-state index contributed by atoms with van der Waals surface area (Å²) in [5.41, 5.74) is 0. The van der Waals surface area contributed by atoms with Crippen LogP contribution in [-0.4, -0.2) is 73.4 Å². The first-order valence-electron chi connectivity index (χ1n) is 19.6. The molecule has 0 saturated carbocycles. The van der Waals surface area contributed by atoms with Gasteiger partial charge in [0.2, 0.25) is 5.91 Å². The maximum atomic E-state index is 12.8. The Kier molecular flexibility index (Phi) is 30.7. The molecule has 0 aliphatic heterocycles. The minimum atomic E-state index is -4.31. The number of carbonyl (C=O) groups excluding carboxylic acids is 1. The number of hydrogen-bond donors (Lipinski definition) is 3. The Morgan fingerprint density at radius 1 is 0.702 bits per heavy atom. The first kappa shape index (κ1) is 46.2. The lowest BCUT2D eigenvalue weighted by Crippen LogP contribution is -2.46. The molecule has 0 aromatic heterocycles. The van der Waals surface area contributed by atoms with E-state index in [1.54, 1.807) is 0 Å². The fraction of sp³-hybridized carbons (Fsp3) is 0.921. The maximum Gasteiger partial charge on any atom is 0.472 e. The largest absolute Gasteiger partial charge is 0.472 e. The number of carbonyl (C=O) groups is 1. The van der Waals surface area contributed by atoms with Gasteiger partial charge in [-0.2, -0.15) is 0 Å². The lowest BCUT2D eigenvalue weighted by molar-refractivity contribution is -0.870. The van der Waals surface area contributed by atoms with Crippen LogP contribution >= 0.6 is 7.82 Å². The van der Waals surface area contributed by atoms with Crippen molar-refractivity contribution in [1.29, 1.82) is 0 Å². The Labute approximate surface area is 291 Å². The molecule has 9 heteroatoms. The summed E-state index contributed by atoms with van der Waals surface area (Å²) in [5, 5.41) is 13.8. The Morgan fingerprint density at radius 2 is 1.15 bits per heavy atom. The molecule has 280 valence electrons. The predicted molar refractivity (Wildman–Crippen MR) is 198 cm³/mol. The lowest BCUT2D eigenvalue weighted by atomic mass is 10.0. The molecule has 0 saturated heterocycles. The van der Waals surface area contributed by atoms with Gasteiger partial charge in [0, 0.05) is 6.42 Å². The molecule has 3 N–H and O–H groups in total. The van der Waals surface area contributed by atoms with Crippen molar-refractivity contribution in [2.45, 2.75) is 187 Å². The highest BCUT2D eigenvalue weighted by Gasteiger charge is 2.28. The molecule has 0 spiro atoms. The zero-order valence-electron chi connectivity index (χ0n) is 31.5. The maximum absolute atomic E-state index is 12.8. The first-order chi connectivity index (χ1) is 22.5. The van der Waals surface area contributed by atoms with E-state index in [1.807, 2.05) is 21.1 Å². The molecule has 47 heavy (non-hydrogen) atoms. The Bertz CT molecular complexity index is 789. The van der Waals surface area contributed by atoms with Crippen LogP contribution in [-0.2, 0) is 18.4 Å². The summed E-state index contributed by atoms with van der Waals surface area (Å²) < 4.78 is 23.5. The summed E-state index contributed by atoms with van der Waals surface area (Å²) >= 11 is 0. The fourth-order valence-electron chi connectivity index (χ4n) is 5.57. The summed E-state index contributed by atoms with van der Waals surface area (Å²) in [6.07, 6.45) is 32.3. The smallest absolute Gasteiger partial charge is 0.391 e. The van der Waals surface area contributed by atoms with Crippen LogP contribution in [0.1, 0.15) is 174 Å². The number of phosphoric acid groups is 1. The molecule has 0 aliphatic rings. The van der Waals surface area contributed by atoms with Gasteiger partial charge >= 0.3 is 7.82 Å². The summed E-state index contributed by atoms with van der Waals surface area (Å²) in [5.74, 6) is -0.157. The third kappa shape index (κ3) is 33.5. The number of amides is 1. The van der Waals surface area contributed by atoms with Gasteiger partial charge in [-0.05, 0) is 38.5 Å². The van der Waals surface area contributed by atoms with E-state index >= 15 is 0 Å². The molecule has 0 radical (unpaired) electrons. The van der Waals surface area contributed by atoms with Gasteiger partial charge in [-0.3, -0.25) is 13.8 Å². The third-order valence-electron chi connectivity index (χ3n) is 8.76. The van der Waals surface area contributed by atoms with E-state index in [-0.39, 0.29) is 19.1 Å². The van der Waals surface area contributed by atoms with Crippen LogP contribution < -0.4 is 5.32 Å². The number of nitrogens with zero attached hydrogens (tertiary/aromatic N) is 1. The van der Waals surface area contributed by atoms with E-state index < -0.39 is 20.0 Å². The molecule has 8 nitrogen and oxygen atoms in total. The van der Waals surface area contributed by atoms with E-state index in [9.17, 15) is 19.4 Å². The monoisotopic (exact) mass is 690 g/mol. The summed E-state index contributed by atoms with van der Waals surface area (Å²) in [6, 6.07) is -0.768. The minimum Gasteiger partial charge on any atom is -0.391 e. The molecule has 0 aromatic rings. The number of nitrogens with one attached hydrogen (secondary N) is 1. The van der Waals surface area contributed by atoms with Crippen LogP contribution in [0, 0.1) is 0 Å². The molecule has 1 unspecified atom stereocenters. The summed E-state index contributed by atoms with van der Waals surface area (Å²) in [6.45, 7) is 4.84. The zero-order valence-corrected chi connectivity index (χ0v) is 32.4. The van der Waals surface area contributed by atoms with Crippen molar-refractivity contribution in [3.63, 3.8) is 0 Å². The summed E-state index contributed by atoms with van der Waals surface area (Å²) in [7, 11) is 1.60. The molecular formula is C38H78N2O6P+. The lowest BCUT2D eigenvalue weighted by Gasteiger charge is -2.26. The van der Waals surface area contributed by atoms with Crippen LogP contribution in [0.3, 0.4) is 0 Å². The quantitative estimate of drug-likeness (QED) is 0.0265. The standard InChI is InChI=1S/C38H77N2O6P/c1-6-8-10-12-14-16-18-19-20-21-22-23-25-27-29-31-37(41)36(35-46-47(43,44)45-34-33-40(3,4)5)39-38(42)32-30-28-26-24-17-15-13-11-9-7-2/h22-23,36-37,41H,6-21,24-35H2,1-5H3,(H-,39,42,43,44)/p+1/b23-22+/t36-,37+/m0/s1. The third-order valence-corrected chi connectivity index (χ3v) is 9.75. The van der Waals surface area contributed by atoms with Crippen LogP contribution in [0.5, 0.6) is 0 Å². The molecule has 0 fully saturated rings. The molecule has 0 aliphatic carbocycles. The number of likely N-dealkylation sites (N-methyl/N-ethyl adjacent to an activating group) is 1. The molecule has 0 heterocycles. The average molecular weight is 690 g/mol. The fourth-order valence-corrected chi connectivity index (χ4v) is 6.30. The molecule has 0 bridgehead atoms. The second-order valence-electron chi connectivity index (χ2n) is 14.7. The van der Waals surface area contributed by atoms with Crippen molar-refractivity contribution in [1.82, 2.24) is 5.32 Å². The van der Waals surface area contributed by atoms with Gasteiger partial charge < -0.3 is 19.8 Å². The number of hydrogen-bond acceptors (Lipinski definition) is 5. The van der Waals surface area contributed by atoms with Crippen molar-refractivity contribution in [3.8, 4) is 0 Å². The highest BCUT2D eigenvalue weighted by molar-refractivity contribution is 7.47. The van der Waals surface area contributed by atoms with Gasteiger partial charge in [0.15, 0.2) is 0 Å².